The third kappa shape index (κ3) is 3.55. The molecule has 2 unspecified atom stereocenters. The molecule has 1 aromatic heterocycles. The zero-order valence-electron chi connectivity index (χ0n) is 12.6. The van der Waals surface area contributed by atoms with Gasteiger partial charge in [0.2, 0.25) is 0 Å². The Morgan fingerprint density at radius 1 is 0.944 bits per heavy atom. The molecule has 1 heterocycles. The molecule has 102 valence electrons. The zero-order chi connectivity index (χ0) is 13.7. The van der Waals surface area contributed by atoms with E-state index in [-0.39, 0.29) is 0 Å². The van der Waals surface area contributed by atoms with Crippen LogP contribution >= 0.6 is 0 Å². The van der Waals surface area contributed by atoms with Crippen molar-refractivity contribution < 1.29 is 0 Å². The summed E-state index contributed by atoms with van der Waals surface area (Å²) in [5.41, 5.74) is 1.37. The topological polar surface area (TPSA) is 24.9 Å². The summed E-state index contributed by atoms with van der Waals surface area (Å²) < 4.78 is 0. The van der Waals surface area contributed by atoms with Gasteiger partial charge in [-0.2, -0.15) is 0 Å². The van der Waals surface area contributed by atoms with E-state index in [9.17, 15) is 0 Å². The first-order valence-electron chi connectivity index (χ1n) is 7.06. The van der Waals surface area contributed by atoms with Gasteiger partial charge in [0, 0.05) is 18.4 Å². The largest absolute Gasteiger partial charge is 0.316 e. The van der Waals surface area contributed by atoms with Gasteiger partial charge in [0.15, 0.2) is 0 Å². The fraction of sp³-hybridized carbons (Fsp3) is 0.688. The van der Waals surface area contributed by atoms with Crippen molar-refractivity contribution in [3.05, 3.63) is 30.1 Å². The Bertz CT molecular complexity index is 324. The maximum absolute atomic E-state index is 4.11. The van der Waals surface area contributed by atoms with Crippen molar-refractivity contribution in [3.63, 3.8) is 0 Å². The first kappa shape index (κ1) is 15.2. The summed E-state index contributed by atoms with van der Waals surface area (Å²) in [5, 5.41) is 3.54. The predicted octanol–water partition coefficient (Wildman–Crippen LogP) is 3.70. The Morgan fingerprint density at radius 2 is 1.44 bits per heavy atom. The highest BCUT2D eigenvalue weighted by molar-refractivity contribution is 5.17. The molecule has 0 saturated heterocycles. The van der Waals surface area contributed by atoms with Crippen LogP contribution in [-0.2, 0) is 0 Å². The highest BCUT2D eigenvalue weighted by Gasteiger charge is 2.30. The van der Waals surface area contributed by atoms with E-state index < -0.39 is 0 Å². The standard InChI is InChI=1S/C16H28N2/c1-11(2)15(12(3)4)16(17-6)13(5)14-7-9-18-10-8-14/h7-13,15-17H,1-6H3. The van der Waals surface area contributed by atoms with Crippen LogP contribution in [0, 0.1) is 17.8 Å². The van der Waals surface area contributed by atoms with E-state index in [0.29, 0.717) is 29.7 Å². The summed E-state index contributed by atoms with van der Waals surface area (Å²) in [7, 11) is 2.08. The molecule has 2 nitrogen and oxygen atoms in total. The minimum atomic E-state index is 0.507. The summed E-state index contributed by atoms with van der Waals surface area (Å²) in [6.07, 6.45) is 3.77. The molecule has 0 radical (unpaired) electrons. The SMILES string of the molecule is CNC(C(C)c1ccncc1)C(C(C)C)C(C)C. The Kier molecular flexibility index (Phi) is 5.80. The number of hydrogen-bond donors (Lipinski definition) is 1. The highest BCUT2D eigenvalue weighted by Crippen LogP contribution is 2.32. The van der Waals surface area contributed by atoms with E-state index in [1.165, 1.54) is 5.56 Å². The number of pyridine rings is 1. The Hall–Kier alpha value is -0.890. The van der Waals surface area contributed by atoms with Gasteiger partial charge in [-0.3, -0.25) is 4.98 Å². The van der Waals surface area contributed by atoms with Crippen molar-refractivity contribution in [2.75, 3.05) is 7.05 Å². The molecule has 18 heavy (non-hydrogen) atoms. The summed E-state index contributed by atoms with van der Waals surface area (Å²) >= 11 is 0. The molecular weight excluding hydrogens is 220 g/mol. The quantitative estimate of drug-likeness (QED) is 0.830. The normalized spacial score (nSPS) is 15.4. The molecule has 1 rings (SSSR count). The first-order chi connectivity index (χ1) is 8.49. The second-order valence-electron chi connectivity index (χ2n) is 5.95. The maximum atomic E-state index is 4.11. The molecule has 0 aliphatic rings. The van der Waals surface area contributed by atoms with Crippen LogP contribution < -0.4 is 5.32 Å². The molecule has 2 heteroatoms. The van der Waals surface area contributed by atoms with Gasteiger partial charge in [-0.05, 0) is 48.4 Å². The van der Waals surface area contributed by atoms with Crippen molar-refractivity contribution in [1.29, 1.82) is 0 Å². The van der Waals surface area contributed by atoms with Crippen LogP contribution in [0.15, 0.2) is 24.5 Å². The van der Waals surface area contributed by atoms with Crippen LogP contribution in [-0.4, -0.2) is 18.1 Å². The second-order valence-corrected chi connectivity index (χ2v) is 5.95. The van der Waals surface area contributed by atoms with Crippen molar-refractivity contribution in [1.82, 2.24) is 10.3 Å². The molecule has 0 spiro atoms. The van der Waals surface area contributed by atoms with E-state index >= 15 is 0 Å². The summed E-state index contributed by atoms with van der Waals surface area (Å²) in [5.74, 6) is 2.56. The second kappa shape index (κ2) is 6.89. The molecule has 0 aliphatic carbocycles. The first-order valence-corrected chi connectivity index (χ1v) is 7.06. The molecule has 0 aliphatic heterocycles. The van der Waals surface area contributed by atoms with E-state index in [4.69, 9.17) is 0 Å². The minimum absolute atomic E-state index is 0.507. The molecule has 0 bridgehead atoms. The van der Waals surface area contributed by atoms with Crippen molar-refractivity contribution in [3.8, 4) is 0 Å². The molecule has 2 atom stereocenters. The molecule has 0 fully saturated rings. The predicted molar refractivity (Wildman–Crippen MR) is 78.7 cm³/mol. The highest BCUT2D eigenvalue weighted by atomic mass is 14.9. The number of hydrogen-bond acceptors (Lipinski definition) is 2. The third-order valence-electron chi connectivity index (χ3n) is 4.06. The maximum Gasteiger partial charge on any atom is 0.0270 e. The monoisotopic (exact) mass is 248 g/mol. The summed E-state index contributed by atoms with van der Waals surface area (Å²) in [6.45, 7) is 11.6. The average molecular weight is 248 g/mol. The number of nitrogens with zero attached hydrogens (tertiary/aromatic N) is 1. The number of nitrogens with one attached hydrogen (secondary N) is 1. The molecular formula is C16H28N2. The van der Waals surface area contributed by atoms with Crippen molar-refractivity contribution in [2.45, 2.75) is 46.6 Å². The number of rotatable bonds is 6. The van der Waals surface area contributed by atoms with E-state index in [1.807, 2.05) is 12.4 Å². The van der Waals surface area contributed by atoms with Crippen molar-refractivity contribution in [2.24, 2.45) is 17.8 Å². The minimum Gasteiger partial charge on any atom is -0.316 e. The van der Waals surface area contributed by atoms with E-state index in [1.54, 1.807) is 0 Å². The smallest absolute Gasteiger partial charge is 0.0270 e. The summed E-state index contributed by atoms with van der Waals surface area (Å²) in [6, 6.07) is 4.77. The lowest BCUT2D eigenvalue weighted by Gasteiger charge is -2.37. The Morgan fingerprint density at radius 3 is 1.83 bits per heavy atom. The molecule has 1 N–H and O–H groups in total. The van der Waals surface area contributed by atoms with Crippen LogP contribution in [0.25, 0.3) is 0 Å². The third-order valence-corrected chi connectivity index (χ3v) is 4.06. The Balaban J connectivity index is 2.94. The van der Waals surface area contributed by atoms with Crippen LogP contribution in [0.5, 0.6) is 0 Å². The lowest BCUT2D eigenvalue weighted by molar-refractivity contribution is 0.196. The van der Waals surface area contributed by atoms with Crippen LogP contribution in [0.1, 0.15) is 46.1 Å². The lowest BCUT2D eigenvalue weighted by atomic mass is 9.74. The van der Waals surface area contributed by atoms with E-state index in [0.717, 1.165) is 0 Å². The van der Waals surface area contributed by atoms with Gasteiger partial charge < -0.3 is 5.32 Å². The van der Waals surface area contributed by atoms with Crippen LogP contribution in [0.4, 0.5) is 0 Å². The van der Waals surface area contributed by atoms with E-state index in [2.05, 4.69) is 64.1 Å². The number of aromatic nitrogens is 1. The van der Waals surface area contributed by atoms with Crippen LogP contribution in [0.3, 0.4) is 0 Å². The van der Waals surface area contributed by atoms with Gasteiger partial charge in [0.05, 0.1) is 0 Å². The van der Waals surface area contributed by atoms with Crippen LogP contribution in [0.2, 0.25) is 0 Å². The van der Waals surface area contributed by atoms with Gasteiger partial charge in [0.25, 0.3) is 0 Å². The molecule has 1 aromatic rings. The van der Waals surface area contributed by atoms with Gasteiger partial charge in [-0.15, -0.1) is 0 Å². The fourth-order valence-electron chi connectivity index (χ4n) is 3.25. The van der Waals surface area contributed by atoms with Gasteiger partial charge in [-0.25, -0.2) is 0 Å². The average Bonchev–Trinajstić information content (AvgIpc) is 2.35. The van der Waals surface area contributed by atoms with Gasteiger partial charge in [0.1, 0.15) is 0 Å². The Labute approximate surface area is 112 Å². The van der Waals surface area contributed by atoms with Gasteiger partial charge in [-0.1, -0.05) is 34.6 Å². The fourth-order valence-corrected chi connectivity index (χ4v) is 3.25. The zero-order valence-corrected chi connectivity index (χ0v) is 12.6. The summed E-state index contributed by atoms with van der Waals surface area (Å²) in [4.78, 5) is 4.11. The molecule has 0 aromatic carbocycles. The molecule has 0 saturated carbocycles. The molecule has 0 amide bonds. The van der Waals surface area contributed by atoms with Crippen molar-refractivity contribution >= 4 is 0 Å². The lowest BCUT2D eigenvalue weighted by Crippen LogP contribution is -2.42. The number of likely N-dealkylation sites (N-methyl/N-ethyl adjacent to an activating group) is 1. The van der Waals surface area contributed by atoms with Gasteiger partial charge >= 0.3 is 0 Å².